The first kappa shape index (κ1) is 18.4. The molecule has 1 aromatic heterocycles. The second-order valence-corrected chi connectivity index (χ2v) is 7.63. The minimum absolute atomic E-state index is 0.149. The van der Waals surface area contributed by atoms with E-state index >= 15 is 0 Å². The molecule has 0 spiro atoms. The Bertz CT molecular complexity index is 1210. The number of urea groups is 1. The first-order chi connectivity index (χ1) is 14.7. The van der Waals surface area contributed by atoms with Crippen LogP contribution in [0.4, 0.5) is 10.5 Å². The zero-order valence-corrected chi connectivity index (χ0v) is 16.7. The molecule has 1 aliphatic rings. The van der Waals surface area contributed by atoms with Gasteiger partial charge in [0.1, 0.15) is 6.04 Å². The highest BCUT2D eigenvalue weighted by molar-refractivity contribution is 6.01. The molecule has 0 saturated carbocycles. The highest BCUT2D eigenvalue weighted by Crippen LogP contribution is 2.33. The van der Waals surface area contributed by atoms with Gasteiger partial charge in [0.05, 0.1) is 5.69 Å². The van der Waals surface area contributed by atoms with Gasteiger partial charge in [-0.05, 0) is 37.3 Å². The van der Waals surface area contributed by atoms with Gasteiger partial charge in [0.2, 0.25) is 11.7 Å². The summed E-state index contributed by atoms with van der Waals surface area (Å²) in [5.74, 6) is 1.03. The number of anilines is 1. The Hall–Kier alpha value is -3.67. The zero-order valence-electron chi connectivity index (χ0n) is 16.7. The number of aryl methyl sites for hydroxylation is 1. The summed E-state index contributed by atoms with van der Waals surface area (Å²) in [7, 11) is 0. The summed E-state index contributed by atoms with van der Waals surface area (Å²) in [6.45, 7) is 2.68. The van der Waals surface area contributed by atoms with Crippen molar-refractivity contribution in [2.24, 2.45) is 0 Å². The quantitative estimate of drug-likeness (QED) is 0.490. The standard InChI is InChI=1S/C24H22N4O2/c1-16-7-4-10-18(15-16)22-26-23(30-27-22)21-13-6-14-28(21)24(29)25-20-12-5-9-17-8-2-3-11-19(17)20/h2-5,7-12,15,21H,6,13-14H2,1H3,(H,25,29)/t21-/m0/s1. The van der Waals surface area contributed by atoms with Crippen molar-refractivity contribution in [2.45, 2.75) is 25.8 Å². The molecule has 0 radical (unpaired) electrons. The van der Waals surface area contributed by atoms with Crippen LogP contribution in [0.5, 0.6) is 0 Å². The Morgan fingerprint density at radius 2 is 1.93 bits per heavy atom. The van der Waals surface area contributed by atoms with Crippen molar-refractivity contribution < 1.29 is 9.32 Å². The number of benzene rings is 3. The number of hydrogen-bond acceptors (Lipinski definition) is 4. The highest BCUT2D eigenvalue weighted by atomic mass is 16.5. The summed E-state index contributed by atoms with van der Waals surface area (Å²) in [5.41, 5.74) is 2.85. The van der Waals surface area contributed by atoms with Gasteiger partial charge in [-0.3, -0.25) is 0 Å². The SMILES string of the molecule is Cc1cccc(-c2noc([C@@H]3CCCN3C(=O)Nc3cccc4ccccc34)n2)c1. The topological polar surface area (TPSA) is 71.3 Å². The maximum atomic E-state index is 13.1. The van der Waals surface area contributed by atoms with Gasteiger partial charge in [-0.25, -0.2) is 4.79 Å². The van der Waals surface area contributed by atoms with Crippen molar-refractivity contribution in [3.8, 4) is 11.4 Å². The summed E-state index contributed by atoms with van der Waals surface area (Å²) in [5, 5.41) is 9.32. The summed E-state index contributed by atoms with van der Waals surface area (Å²) in [4.78, 5) is 19.5. The molecule has 1 N–H and O–H groups in total. The number of amides is 2. The molecule has 30 heavy (non-hydrogen) atoms. The van der Waals surface area contributed by atoms with Crippen LogP contribution in [0.2, 0.25) is 0 Å². The van der Waals surface area contributed by atoms with Crippen molar-refractivity contribution in [1.29, 1.82) is 0 Å². The van der Waals surface area contributed by atoms with Gasteiger partial charge in [0.15, 0.2) is 0 Å². The Morgan fingerprint density at radius 1 is 1.10 bits per heavy atom. The van der Waals surface area contributed by atoms with Crippen LogP contribution < -0.4 is 5.32 Å². The van der Waals surface area contributed by atoms with Crippen molar-refractivity contribution >= 4 is 22.5 Å². The van der Waals surface area contributed by atoms with Crippen LogP contribution in [0.3, 0.4) is 0 Å². The highest BCUT2D eigenvalue weighted by Gasteiger charge is 2.34. The number of likely N-dealkylation sites (tertiary alicyclic amines) is 1. The molecule has 4 aromatic rings. The van der Waals surface area contributed by atoms with Crippen LogP contribution in [0, 0.1) is 6.92 Å². The lowest BCUT2D eigenvalue weighted by molar-refractivity contribution is 0.193. The third kappa shape index (κ3) is 3.41. The van der Waals surface area contributed by atoms with E-state index in [4.69, 9.17) is 4.52 Å². The van der Waals surface area contributed by atoms with Gasteiger partial charge in [-0.2, -0.15) is 4.98 Å². The normalized spacial score (nSPS) is 16.2. The largest absolute Gasteiger partial charge is 0.337 e. The Labute approximate surface area is 174 Å². The van der Waals surface area contributed by atoms with Crippen LogP contribution in [-0.4, -0.2) is 27.6 Å². The van der Waals surface area contributed by atoms with E-state index in [2.05, 4.69) is 15.5 Å². The molecule has 0 unspecified atom stereocenters. The van der Waals surface area contributed by atoms with E-state index < -0.39 is 0 Å². The molecule has 0 bridgehead atoms. The Kier molecular flexibility index (Phi) is 4.67. The first-order valence-electron chi connectivity index (χ1n) is 10.1. The number of fused-ring (bicyclic) bond motifs is 1. The van der Waals surface area contributed by atoms with Crippen LogP contribution >= 0.6 is 0 Å². The number of carbonyl (C=O) groups is 1. The number of rotatable bonds is 3. The van der Waals surface area contributed by atoms with E-state index in [9.17, 15) is 4.79 Å². The molecule has 5 rings (SSSR count). The zero-order chi connectivity index (χ0) is 20.5. The number of hydrogen-bond donors (Lipinski definition) is 1. The van der Waals surface area contributed by atoms with Gasteiger partial charge < -0.3 is 14.7 Å². The average molecular weight is 398 g/mol. The number of nitrogens with one attached hydrogen (secondary N) is 1. The fourth-order valence-electron chi connectivity index (χ4n) is 4.06. The monoisotopic (exact) mass is 398 g/mol. The molecular formula is C24H22N4O2. The molecule has 6 nitrogen and oxygen atoms in total. The van der Waals surface area contributed by atoms with Gasteiger partial charge in [-0.15, -0.1) is 0 Å². The number of carbonyl (C=O) groups excluding carboxylic acids is 1. The maximum absolute atomic E-state index is 13.1. The minimum atomic E-state index is -0.217. The fourth-order valence-corrected chi connectivity index (χ4v) is 4.06. The summed E-state index contributed by atoms with van der Waals surface area (Å²) >= 11 is 0. The van der Waals surface area contributed by atoms with E-state index in [1.165, 1.54) is 0 Å². The average Bonchev–Trinajstić information content (AvgIpc) is 3.44. The molecule has 1 saturated heterocycles. The van der Waals surface area contributed by atoms with E-state index in [-0.39, 0.29) is 12.1 Å². The predicted octanol–water partition coefficient (Wildman–Crippen LogP) is 5.57. The Morgan fingerprint density at radius 3 is 2.83 bits per heavy atom. The van der Waals surface area contributed by atoms with Gasteiger partial charge in [0, 0.05) is 17.5 Å². The number of aromatic nitrogens is 2. The van der Waals surface area contributed by atoms with Crippen LogP contribution in [0.1, 0.15) is 30.3 Å². The van der Waals surface area contributed by atoms with E-state index in [0.717, 1.165) is 40.4 Å². The van der Waals surface area contributed by atoms with Gasteiger partial charge in [0.25, 0.3) is 0 Å². The van der Waals surface area contributed by atoms with Gasteiger partial charge >= 0.3 is 6.03 Å². The van der Waals surface area contributed by atoms with Crippen molar-refractivity contribution in [3.05, 3.63) is 78.2 Å². The fraction of sp³-hybridized carbons (Fsp3) is 0.208. The minimum Gasteiger partial charge on any atom is -0.337 e. The summed E-state index contributed by atoms with van der Waals surface area (Å²) in [6.07, 6.45) is 1.70. The first-order valence-corrected chi connectivity index (χ1v) is 10.1. The predicted molar refractivity (Wildman–Crippen MR) is 116 cm³/mol. The molecule has 6 heteroatoms. The van der Waals surface area contributed by atoms with Gasteiger partial charge in [-0.1, -0.05) is 65.3 Å². The van der Waals surface area contributed by atoms with Crippen LogP contribution in [-0.2, 0) is 0 Å². The molecule has 1 atom stereocenters. The summed E-state index contributed by atoms with van der Waals surface area (Å²) < 4.78 is 5.56. The maximum Gasteiger partial charge on any atom is 0.322 e. The molecule has 150 valence electrons. The smallest absolute Gasteiger partial charge is 0.322 e. The Balaban J connectivity index is 1.38. The third-order valence-corrected chi connectivity index (χ3v) is 5.55. The lowest BCUT2D eigenvalue weighted by Crippen LogP contribution is -2.34. The molecule has 3 aromatic carbocycles. The van der Waals surface area contributed by atoms with E-state index in [1.54, 1.807) is 4.90 Å². The molecule has 0 aliphatic carbocycles. The summed E-state index contributed by atoms with van der Waals surface area (Å²) in [6, 6.07) is 21.5. The lowest BCUT2D eigenvalue weighted by atomic mass is 10.1. The van der Waals surface area contributed by atoms with Crippen molar-refractivity contribution in [1.82, 2.24) is 15.0 Å². The van der Waals surface area contributed by atoms with Crippen LogP contribution in [0.15, 0.2) is 71.3 Å². The second-order valence-electron chi connectivity index (χ2n) is 7.63. The molecule has 1 fully saturated rings. The second kappa shape index (κ2) is 7.63. The number of nitrogens with zero attached hydrogens (tertiary/aromatic N) is 3. The lowest BCUT2D eigenvalue weighted by Gasteiger charge is -2.22. The molecular weight excluding hydrogens is 376 g/mol. The van der Waals surface area contributed by atoms with E-state index in [1.807, 2.05) is 73.7 Å². The third-order valence-electron chi connectivity index (χ3n) is 5.55. The van der Waals surface area contributed by atoms with E-state index in [0.29, 0.717) is 18.3 Å². The van der Waals surface area contributed by atoms with Crippen LogP contribution in [0.25, 0.3) is 22.2 Å². The van der Waals surface area contributed by atoms with Crippen molar-refractivity contribution in [3.63, 3.8) is 0 Å². The molecule has 2 heterocycles. The molecule has 2 amide bonds. The van der Waals surface area contributed by atoms with Crippen molar-refractivity contribution in [2.75, 3.05) is 11.9 Å². The molecule has 1 aliphatic heterocycles.